The van der Waals surface area contributed by atoms with Crippen LogP contribution in [0.15, 0.2) is 48.7 Å². The summed E-state index contributed by atoms with van der Waals surface area (Å²) in [7, 11) is 0. The number of carbonyl (C=O) groups is 2. The summed E-state index contributed by atoms with van der Waals surface area (Å²) in [5.74, 6) is -0.467. The molecule has 1 saturated heterocycles. The summed E-state index contributed by atoms with van der Waals surface area (Å²) in [6, 6.07) is 11.6. The van der Waals surface area contributed by atoms with Crippen LogP contribution in [0, 0.1) is 5.82 Å². The Balaban J connectivity index is 0.000000891. The zero-order chi connectivity index (χ0) is 32.0. The number of esters is 1. The number of carbonyl (C=O) groups excluding carboxylic acids is 2. The average Bonchev–Trinajstić information content (AvgIpc) is 3.30. The van der Waals surface area contributed by atoms with Gasteiger partial charge in [-0.15, -0.1) is 0 Å². The first kappa shape index (κ1) is 32.7. The Bertz CT molecular complexity index is 1500. The van der Waals surface area contributed by atoms with Crippen molar-refractivity contribution in [2.24, 2.45) is 0 Å². The summed E-state index contributed by atoms with van der Waals surface area (Å²) in [5.41, 5.74) is 2.11. The zero-order valence-electron chi connectivity index (χ0n) is 27.0. The molecule has 3 aliphatic rings. The van der Waals surface area contributed by atoms with Crippen LogP contribution in [0.4, 0.5) is 4.39 Å². The van der Waals surface area contributed by atoms with Gasteiger partial charge in [0.2, 0.25) is 0 Å². The van der Waals surface area contributed by atoms with Crippen LogP contribution in [0.3, 0.4) is 0 Å². The molecule has 0 unspecified atom stereocenters. The van der Waals surface area contributed by atoms with E-state index in [1.54, 1.807) is 55.3 Å². The topological polar surface area (TPSA) is 84.1 Å². The van der Waals surface area contributed by atoms with Crippen molar-refractivity contribution in [3.8, 4) is 5.75 Å². The van der Waals surface area contributed by atoms with Gasteiger partial charge in [-0.05, 0) is 68.3 Å². The number of morpholine rings is 1. The molecule has 1 amide bonds. The minimum atomic E-state index is -0.568. The van der Waals surface area contributed by atoms with Crippen molar-refractivity contribution in [3.05, 3.63) is 71.3 Å². The van der Waals surface area contributed by atoms with Gasteiger partial charge < -0.3 is 24.1 Å². The number of nitrogens with one attached hydrogen (secondary N) is 1. The Hall–Kier alpha value is -3.69. The fraction of sp³-hybridized carbons (Fsp3) is 0.500. The second-order valence-electron chi connectivity index (χ2n) is 13.0. The second kappa shape index (κ2) is 14.6. The average molecular weight is 622 g/mol. The molecule has 3 heterocycles. The number of benzene rings is 2. The number of fused-ring (bicyclic) bond motifs is 3. The van der Waals surface area contributed by atoms with Gasteiger partial charge in [0.15, 0.2) is 0 Å². The molecule has 0 spiro atoms. The molecule has 1 aromatic heterocycles. The fourth-order valence-electron chi connectivity index (χ4n) is 5.82. The lowest BCUT2D eigenvalue weighted by atomic mass is 9.81. The maximum atomic E-state index is 14.1. The van der Waals surface area contributed by atoms with E-state index in [1.807, 2.05) is 13.8 Å². The highest BCUT2D eigenvalue weighted by Gasteiger charge is 2.37. The van der Waals surface area contributed by atoms with Crippen molar-refractivity contribution in [1.29, 1.82) is 0 Å². The fourth-order valence-corrected chi connectivity index (χ4v) is 5.82. The maximum absolute atomic E-state index is 14.1. The first-order valence-corrected chi connectivity index (χ1v) is 16.2. The molecule has 3 aromatic rings. The van der Waals surface area contributed by atoms with E-state index in [4.69, 9.17) is 14.2 Å². The van der Waals surface area contributed by atoms with E-state index in [1.165, 1.54) is 37.8 Å². The van der Waals surface area contributed by atoms with E-state index in [-0.39, 0.29) is 24.8 Å². The minimum Gasteiger partial charge on any atom is -0.494 e. The predicted molar refractivity (Wildman–Crippen MR) is 176 cm³/mol. The third kappa shape index (κ3) is 8.13. The molecule has 45 heavy (non-hydrogen) atoms. The molecule has 1 N–H and O–H groups in total. The highest BCUT2D eigenvalue weighted by atomic mass is 19.1. The third-order valence-corrected chi connectivity index (χ3v) is 8.47. The van der Waals surface area contributed by atoms with Gasteiger partial charge >= 0.3 is 5.97 Å². The summed E-state index contributed by atoms with van der Waals surface area (Å²) in [6.45, 7) is 12.9. The number of ether oxygens (including phenoxy) is 3. The quantitative estimate of drug-likeness (QED) is 0.217. The van der Waals surface area contributed by atoms with Gasteiger partial charge in [0.05, 0.1) is 37.2 Å². The molecule has 0 radical (unpaired) electrons. The van der Waals surface area contributed by atoms with E-state index in [0.29, 0.717) is 35.7 Å². The molecule has 9 heteroatoms. The van der Waals surface area contributed by atoms with Crippen LogP contribution in [0.1, 0.15) is 82.8 Å². The second-order valence-corrected chi connectivity index (χ2v) is 13.0. The standard InChI is InChI=1S/C32H38FN3O5.C4H8.H2/c1-21(2)41-31(38)26-19-36(20-32(3,4)28-25-11-8-23(33)18-27(25)34-29(26)28)30(37)22-6-9-24(10-7-22)40-15-5-12-35-13-16-39-17-14-35;1-2-4-3-1;/h6-11,18-19,21,34H,5,12-17,20H2,1-4H3;1-4H2;1H. The Morgan fingerprint density at radius 1 is 1.04 bits per heavy atom. The molecule has 6 rings (SSSR count). The Morgan fingerprint density at radius 3 is 2.38 bits per heavy atom. The van der Waals surface area contributed by atoms with Crippen LogP contribution in [-0.4, -0.2) is 78.8 Å². The number of hydrogen-bond acceptors (Lipinski definition) is 6. The molecule has 2 aromatic carbocycles. The van der Waals surface area contributed by atoms with Gasteiger partial charge in [-0.3, -0.25) is 9.69 Å². The van der Waals surface area contributed by atoms with Crippen molar-refractivity contribution in [3.63, 3.8) is 0 Å². The molecule has 2 fully saturated rings. The molecule has 0 bridgehead atoms. The lowest BCUT2D eigenvalue weighted by molar-refractivity contribution is -0.140. The number of aromatic nitrogens is 1. The highest BCUT2D eigenvalue weighted by Crippen LogP contribution is 2.41. The largest absolute Gasteiger partial charge is 0.494 e. The summed E-state index contributed by atoms with van der Waals surface area (Å²) in [6.07, 6.45) is 8.11. The Kier molecular flexibility index (Phi) is 10.6. The number of amides is 1. The number of hydrogen-bond donors (Lipinski definition) is 1. The smallest absolute Gasteiger partial charge is 0.342 e. The van der Waals surface area contributed by atoms with Gasteiger partial charge in [-0.1, -0.05) is 39.5 Å². The molecule has 8 nitrogen and oxygen atoms in total. The molecular formula is C36H48FN3O5. The van der Waals surface area contributed by atoms with Crippen molar-refractivity contribution >= 4 is 28.4 Å². The van der Waals surface area contributed by atoms with E-state index in [2.05, 4.69) is 9.88 Å². The van der Waals surface area contributed by atoms with E-state index in [9.17, 15) is 14.0 Å². The maximum Gasteiger partial charge on any atom is 0.342 e. The summed E-state index contributed by atoms with van der Waals surface area (Å²) in [5, 5.41) is 0.805. The number of nitrogens with zero attached hydrogens (tertiary/aromatic N) is 2. The number of H-pyrrole nitrogens is 1. The number of rotatable bonds is 8. The lowest BCUT2D eigenvalue weighted by Gasteiger charge is -2.29. The monoisotopic (exact) mass is 621 g/mol. The van der Waals surface area contributed by atoms with Crippen molar-refractivity contribution in [2.75, 3.05) is 46.0 Å². The normalized spacial score (nSPS) is 17.8. The first-order chi connectivity index (χ1) is 21.6. The Morgan fingerprint density at radius 2 is 1.73 bits per heavy atom. The highest BCUT2D eigenvalue weighted by molar-refractivity contribution is 6.18. The summed E-state index contributed by atoms with van der Waals surface area (Å²) in [4.78, 5) is 34.2. The van der Waals surface area contributed by atoms with E-state index < -0.39 is 11.4 Å². The Labute approximate surface area is 267 Å². The summed E-state index contributed by atoms with van der Waals surface area (Å²) >= 11 is 0. The lowest BCUT2D eigenvalue weighted by Crippen LogP contribution is -2.37. The predicted octanol–water partition coefficient (Wildman–Crippen LogP) is 6.94. The van der Waals surface area contributed by atoms with Crippen LogP contribution in [0.5, 0.6) is 5.75 Å². The third-order valence-electron chi connectivity index (χ3n) is 8.47. The first-order valence-electron chi connectivity index (χ1n) is 16.2. The van der Waals surface area contributed by atoms with Gasteiger partial charge in [0.25, 0.3) is 5.91 Å². The molecule has 244 valence electrons. The van der Waals surface area contributed by atoms with Crippen molar-refractivity contribution in [1.82, 2.24) is 14.8 Å². The summed E-state index contributed by atoms with van der Waals surface area (Å²) < 4.78 is 30.9. The molecular weight excluding hydrogens is 573 g/mol. The molecule has 0 atom stereocenters. The minimum absolute atomic E-state index is 0. The van der Waals surface area contributed by atoms with Crippen LogP contribution < -0.4 is 4.74 Å². The van der Waals surface area contributed by atoms with Gasteiger partial charge in [-0.25, -0.2) is 9.18 Å². The van der Waals surface area contributed by atoms with Crippen LogP contribution >= 0.6 is 0 Å². The van der Waals surface area contributed by atoms with E-state index >= 15 is 0 Å². The van der Waals surface area contributed by atoms with Gasteiger partial charge in [0.1, 0.15) is 11.6 Å². The molecule has 1 saturated carbocycles. The van der Waals surface area contributed by atoms with Crippen molar-refractivity contribution < 1.29 is 29.6 Å². The van der Waals surface area contributed by atoms with Crippen molar-refractivity contribution in [2.45, 2.75) is 71.3 Å². The van der Waals surface area contributed by atoms with Crippen LogP contribution in [0.25, 0.3) is 16.5 Å². The molecule has 2 aliphatic heterocycles. The van der Waals surface area contributed by atoms with Gasteiger partial charge in [-0.2, -0.15) is 0 Å². The van der Waals surface area contributed by atoms with Crippen LogP contribution in [-0.2, 0) is 19.7 Å². The SMILES string of the molecule is C1CCC1.CC(C)OC(=O)C1=CN(C(=O)c2ccc(OCCCN3CCOCC3)cc2)CC(C)(C)c2c1[nH]c1cc(F)ccc21.[HH]. The van der Waals surface area contributed by atoms with Crippen LogP contribution in [0.2, 0.25) is 0 Å². The zero-order valence-corrected chi connectivity index (χ0v) is 27.0. The number of halogens is 1. The molecule has 1 aliphatic carbocycles. The van der Waals surface area contributed by atoms with Gasteiger partial charge in [0, 0.05) is 55.7 Å². The van der Waals surface area contributed by atoms with E-state index in [0.717, 1.165) is 50.2 Å². The number of aromatic amines is 1.